The Hall–Kier alpha value is -1.94. The van der Waals surface area contributed by atoms with Crippen molar-refractivity contribution in [2.75, 3.05) is 19.0 Å². The van der Waals surface area contributed by atoms with Gasteiger partial charge >= 0.3 is 0 Å². The molecule has 0 aliphatic heterocycles. The first-order valence-corrected chi connectivity index (χ1v) is 7.11. The van der Waals surface area contributed by atoms with Crippen molar-refractivity contribution in [3.05, 3.63) is 59.2 Å². The summed E-state index contributed by atoms with van der Waals surface area (Å²) < 4.78 is 14.3. The van der Waals surface area contributed by atoms with E-state index < -0.39 is 0 Å². The second-order valence-corrected chi connectivity index (χ2v) is 5.35. The SMILES string of the molecule is CNC(C)c1ccc(N(C)Cc2cccc(C)n2)c(F)c1. The van der Waals surface area contributed by atoms with Crippen LogP contribution in [-0.2, 0) is 6.54 Å². The molecule has 0 aliphatic carbocycles. The third kappa shape index (κ3) is 3.79. The van der Waals surface area contributed by atoms with Gasteiger partial charge in [-0.05, 0) is 50.7 Å². The number of nitrogens with one attached hydrogen (secondary N) is 1. The van der Waals surface area contributed by atoms with Gasteiger partial charge in [0.05, 0.1) is 17.9 Å². The van der Waals surface area contributed by atoms with Crippen LogP contribution in [0.3, 0.4) is 0 Å². The minimum absolute atomic E-state index is 0.136. The van der Waals surface area contributed by atoms with Crippen molar-refractivity contribution in [1.82, 2.24) is 10.3 Å². The van der Waals surface area contributed by atoms with Gasteiger partial charge in [0.2, 0.25) is 0 Å². The van der Waals surface area contributed by atoms with Crippen LogP contribution in [0.2, 0.25) is 0 Å². The summed E-state index contributed by atoms with van der Waals surface area (Å²) in [6, 6.07) is 11.4. The van der Waals surface area contributed by atoms with Crippen molar-refractivity contribution < 1.29 is 4.39 Å². The van der Waals surface area contributed by atoms with Gasteiger partial charge in [0.1, 0.15) is 5.82 Å². The zero-order valence-corrected chi connectivity index (χ0v) is 13.0. The number of hydrogen-bond acceptors (Lipinski definition) is 3. The third-order valence-electron chi connectivity index (χ3n) is 3.66. The molecule has 1 aromatic carbocycles. The molecule has 2 rings (SSSR count). The van der Waals surface area contributed by atoms with Crippen molar-refractivity contribution in [2.45, 2.75) is 26.4 Å². The molecule has 112 valence electrons. The van der Waals surface area contributed by atoms with E-state index in [0.717, 1.165) is 17.0 Å². The predicted molar refractivity (Wildman–Crippen MR) is 85.0 cm³/mol. The van der Waals surface area contributed by atoms with Crippen molar-refractivity contribution in [2.24, 2.45) is 0 Å². The van der Waals surface area contributed by atoms with Crippen LogP contribution in [0.1, 0.15) is 29.9 Å². The molecule has 0 radical (unpaired) electrons. The first-order valence-electron chi connectivity index (χ1n) is 7.11. The van der Waals surface area contributed by atoms with Crippen molar-refractivity contribution >= 4 is 5.69 Å². The smallest absolute Gasteiger partial charge is 0.146 e. The second kappa shape index (κ2) is 6.68. The van der Waals surface area contributed by atoms with E-state index in [0.29, 0.717) is 12.2 Å². The molecule has 1 N–H and O–H groups in total. The maximum absolute atomic E-state index is 14.3. The van der Waals surface area contributed by atoms with E-state index >= 15 is 0 Å². The summed E-state index contributed by atoms with van der Waals surface area (Å²) in [4.78, 5) is 6.33. The monoisotopic (exact) mass is 287 g/mol. The molecular weight excluding hydrogens is 265 g/mol. The van der Waals surface area contributed by atoms with Gasteiger partial charge in [-0.1, -0.05) is 12.1 Å². The van der Waals surface area contributed by atoms with E-state index in [1.807, 2.05) is 63.2 Å². The number of halogens is 1. The van der Waals surface area contributed by atoms with Crippen molar-refractivity contribution in [3.8, 4) is 0 Å². The van der Waals surface area contributed by atoms with Crippen LogP contribution in [0.25, 0.3) is 0 Å². The molecule has 1 aromatic heterocycles. The number of anilines is 1. The summed E-state index contributed by atoms with van der Waals surface area (Å²) >= 11 is 0. The summed E-state index contributed by atoms with van der Waals surface area (Å²) in [6.45, 7) is 4.55. The zero-order chi connectivity index (χ0) is 15.4. The molecule has 0 aliphatic rings. The van der Waals surface area contributed by atoms with Gasteiger partial charge < -0.3 is 10.2 Å². The largest absolute Gasteiger partial charge is 0.366 e. The van der Waals surface area contributed by atoms with E-state index in [-0.39, 0.29) is 11.9 Å². The number of rotatable bonds is 5. The van der Waals surface area contributed by atoms with Crippen molar-refractivity contribution in [1.29, 1.82) is 0 Å². The highest BCUT2D eigenvalue weighted by Crippen LogP contribution is 2.23. The Morgan fingerprint density at radius 2 is 2.05 bits per heavy atom. The Labute approximate surface area is 125 Å². The fourth-order valence-corrected chi connectivity index (χ4v) is 2.28. The van der Waals surface area contributed by atoms with Crippen LogP contribution in [0.4, 0.5) is 10.1 Å². The van der Waals surface area contributed by atoms with Crippen LogP contribution in [0, 0.1) is 12.7 Å². The maximum Gasteiger partial charge on any atom is 0.146 e. The van der Waals surface area contributed by atoms with Gasteiger partial charge in [0, 0.05) is 18.8 Å². The predicted octanol–water partition coefficient (Wildman–Crippen LogP) is 3.45. The fraction of sp³-hybridized carbons (Fsp3) is 0.353. The lowest BCUT2D eigenvalue weighted by Crippen LogP contribution is -2.19. The molecule has 1 unspecified atom stereocenters. The lowest BCUT2D eigenvalue weighted by atomic mass is 10.1. The van der Waals surface area contributed by atoms with E-state index in [9.17, 15) is 4.39 Å². The lowest BCUT2D eigenvalue weighted by Gasteiger charge is -2.21. The van der Waals surface area contributed by atoms with Crippen LogP contribution in [-0.4, -0.2) is 19.1 Å². The normalized spacial score (nSPS) is 12.2. The Kier molecular flexibility index (Phi) is 4.91. The summed E-state index contributed by atoms with van der Waals surface area (Å²) in [5.74, 6) is -0.204. The average molecular weight is 287 g/mol. The highest BCUT2D eigenvalue weighted by Gasteiger charge is 2.11. The molecule has 0 bridgehead atoms. The maximum atomic E-state index is 14.3. The minimum Gasteiger partial charge on any atom is -0.366 e. The molecule has 1 heterocycles. The Bertz CT molecular complexity index is 613. The Balaban J connectivity index is 2.17. The van der Waals surface area contributed by atoms with Gasteiger partial charge in [-0.25, -0.2) is 4.39 Å². The van der Waals surface area contributed by atoms with Crippen LogP contribution < -0.4 is 10.2 Å². The zero-order valence-electron chi connectivity index (χ0n) is 13.0. The molecule has 21 heavy (non-hydrogen) atoms. The van der Waals surface area contributed by atoms with Crippen LogP contribution in [0.15, 0.2) is 36.4 Å². The molecule has 0 saturated carbocycles. The number of aromatic nitrogens is 1. The third-order valence-corrected chi connectivity index (χ3v) is 3.66. The second-order valence-electron chi connectivity index (χ2n) is 5.35. The Morgan fingerprint density at radius 1 is 1.29 bits per heavy atom. The van der Waals surface area contributed by atoms with Gasteiger partial charge in [0.25, 0.3) is 0 Å². The molecule has 0 amide bonds. The summed E-state index contributed by atoms with van der Waals surface area (Å²) in [7, 11) is 3.75. The van der Waals surface area contributed by atoms with Gasteiger partial charge in [-0.3, -0.25) is 4.98 Å². The summed E-state index contributed by atoms with van der Waals surface area (Å²) in [5, 5.41) is 3.11. The quantitative estimate of drug-likeness (QED) is 0.913. The number of benzene rings is 1. The van der Waals surface area contributed by atoms with Crippen LogP contribution in [0.5, 0.6) is 0 Å². The molecule has 3 nitrogen and oxygen atoms in total. The number of hydrogen-bond donors (Lipinski definition) is 1. The molecule has 2 aromatic rings. The minimum atomic E-state index is -0.204. The van der Waals surface area contributed by atoms with Gasteiger partial charge in [-0.15, -0.1) is 0 Å². The number of nitrogens with zero attached hydrogens (tertiary/aromatic N) is 2. The molecule has 0 saturated heterocycles. The lowest BCUT2D eigenvalue weighted by molar-refractivity contribution is 0.604. The standard InChI is InChI=1S/C17H22FN3/c1-12-6-5-7-15(20-12)11-21(4)17-9-8-14(10-16(17)18)13(2)19-3/h5-10,13,19H,11H2,1-4H3. The molecule has 0 spiro atoms. The average Bonchev–Trinajstić information content (AvgIpc) is 2.46. The highest BCUT2D eigenvalue weighted by molar-refractivity contribution is 5.49. The van der Waals surface area contributed by atoms with Gasteiger partial charge in [-0.2, -0.15) is 0 Å². The molecular formula is C17H22FN3. The van der Waals surface area contributed by atoms with Crippen LogP contribution >= 0.6 is 0 Å². The van der Waals surface area contributed by atoms with Gasteiger partial charge in [0.15, 0.2) is 0 Å². The van der Waals surface area contributed by atoms with E-state index in [1.165, 1.54) is 0 Å². The molecule has 0 fully saturated rings. The topological polar surface area (TPSA) is 28.2 Å². The fourth-order valence-electron chi connectivity index (χ4n) is 2.28. The number of aryl methyl sites for hydroxylation is 1. The first-order chi connectivity index (χ1) is 10.0. The first kappa shape index (κ1) is 15.4. The van der Waals surface area contributed by atoms with E-state index in [1.54, 1.807) is 6.07 Å². The van der Waals surface area contributed by atoms with E-state index in [4.69, 9.17) is 0 Å². The van der Waals surface area contributed by atoms with Crippen molar-refractivity contribution in [3.63, 3.8) is 0 Å². The Morgan fingerprint density at radius 3 is 2.67 bits per heavy atom. The molecule has 4 heteroatoms. The van der Waals surface area contributed by atoms with E-state index in [2.05, 4.69) is 10.3 Å². The highest BCUT2D eigenvalue weighted by atomic mass is 19.1. The summed E-state index contributed by atoms with van der Waals surface area (Å²) in [5.41, 5.74) is 3.44. The summed E-state index contributed by atoms with van der Waals surface area (Å²) in [6.07, 6.45) is 0. The number of pyridine rings is 1. The molecule has 1 atom stereocenters.